The van der Waals surface area contributed by atoms with Crippen molar-refractivity contribution in [2.75, 3.05) is 0 Å². The van der Waals surface area contributed by atoms with Gasteiger partial charge in [-0.05, 0) is 0 Å². The van der Waals surface area contributed by atoms with Crippen molar-refractivity contribution in [2.45, 2.75) is 56.7 Å². The van der Waals surface area contributed by atoms with E-state index in [4.69, 9.17) is 0 Å². The van der Waals surface area contributed by atoms with Gasteiger partial charge in [-0.3, -0.25) is 0 Å². The summed E-state index contributed by atoms with van der Waals surface area (Å²) in [4.78, 5) is 2.32. The topological polar surface area (TPSA) is 0 Å². The molecular weight excluding hydrogens is 529 g/mol. The Bertz CT molecular complexity index is 444. The summed E-state index contributed by atoms with van der Waals surface area (Å²) in [5, 5.41) is 0. The van der Waals surface area contributed by atoms with Gasteiger partial charge in [-0.1, -0.05) is 0 Å². The maximum atomic E-state index is 3.64. The average molecular weight is 559 g/mol. The molecular formula is C16H30Ge3Sn. The SMILES string of the molecule is [CH3][Ge]([CH3])([CH3])[C]#[C][Sn]([CH3])([C]#[C][Ge]([CH3])([CH3])[CH3])[C]#[C][Ge]([CH3])([CH3])[CH3]. The van der Waals surface area contributed by atoms with Gasteiger partial charge in [0.05, 0.1) is 0 Å². The Morgan fingerprint density at radius 3 is 0.850 bits per heavy atom. The number of hydrogen-bond acceptors (Lipinski definition) is 0. The zero-order chi connectivity index (χ0) is 16.2. The van der Waals surface area contributed by atoms with Crippen molar-refractivity contribution in [3.8, 4) is 26.1 Å². The first-order valence-corrected chi connectivity index (χ1v) is 36.4. The van der Waals surface area contributed by atoms with E-state index in [0.29, 0.717) is 0 Å². The van der Waals surface area contributed by atoms with Gasteiger partial charge < -0.3 is 0 Å². The fraction of sp³-hybridized carbons (Fsp3) is 0.625. The summed E-state index contributed by atoms with van der Waals surface area (Å²) in [5.41, 5.74) is 0. The predicted molar refractivity (Wildman–Crippen MR) is 105 cm³/mol. The molecule has 0 radical (unpaired) electrons. The quantitative estimate of drug-likeness (QED) is 0.307. The molecule has 0 rings (SSSR count). The van der Waals surface area contributed by atoms with Crippen LogP contribution in [0.2, 0.25) is 56.7 Å². The van der Waals surface area contributed by atoms with Crippen molar-refractivity contribution in [1.82, 2.24) is 0 Å². The van der Waals surface area contributed by atoms with Crippen LogP contribution < -0.4 is 0 Å². The maximum absolute atomic E-state index is 3.64. The van der Waals surface area contributed by atoms with E-state index >= 15 is 0 Å². The van der Waals surface area contributed by atoms with Crippen LogP contribution >= 0.6 is 0 Å². The third kappa shape index (κ3) is 12.8. The first kappa shape index (κ1) is 21.1. The molecule has 110 valence electrons. The number of rotatable bonds is 0. The Hall–Kier alpha value is 1.11. The summed E-state index contributed by atoms with van der Waals surface area (Å²) < 4.78 is 21.7. The molecule has 0 fully saturated rings. The second-order valence-electron chi connectivity index (χ2n) is 8.62. The molecule has 0 amide bonds. The zero-order valence-electron chi connectivity index (χ0n) is 15.0. The molecule has 4 heteroatoms. The average Bonchev–Trinajstić information content (AvgIpc) is 2.18. The van der Waals surface area contributed by atoms with Crippen molar-refractivity contribution in [2.24, 2.45) is 0 Å². The Labute approximate surface area is 139 Å². The van der Waals surface area contributed by atoms with Crippen molar-refractivity contribution >= 4 is 58.2 Å². The summed E-state index contributed by atoms with van der Waals surface area (Å²) in [5.74, 6) is 21.2. The van der Waals surface area contributed by atoms with Crippen molar-refractivity contribution < 1.29 is 0 Å². The Balaban J connectivity index is 5.71. The van der Waals surface area contributed by atoms with Crippen LogP contribution in [0.25, 0.3) is 0 Å². The van der Waals surface area contributed by atoms with E-state index in [1.807, 2.05) is 0 Å². The third-order valence-electron chi connectivity index (χ3n) is 2.06. The van der Waals surface area contributed by atoms with E-state index in [1.54, 1.807) is 0 Å². The fourth-order valence-corrected chi connectivity index (χ4v) is 33.3. The minimum absolute atomic E-state index is 1.81. The van der Waals surface area contributed by atoms with Crippen LogP contribution in [0.15, 0.2) is 0 Å². The fourth-order valence-electron chi connectivity index (χ4n) is 1.03. The molecule has 0 bridgehead atoms. The summed E-state index contributed by atoms with van der Waals surface area (Å²) in [7, 11) is 0. The van der Waals surface area contributed by atoms with Gasteiger partial charge in [0, 0.05) is 0 Å². The monoisotopic (exact) mass is 564 g/mol. The molecule has 0 aliphatic heterocycles. The van der Waals surface area contributed by atoms with E-state index in [1.165, 1.54) is 0 Å². The van der Waals surface area contributed by atoms with Gasteiger partial charge in [0.1, 0.15) is 0 Å². The molecule has 0 aliphatic carbocycles. The standard InChI is InChI=1S/3C5H9Ge.CH3.Sn/c3*1-5-6(2,3)4;;/h3*2-4H3;1H3;. The summed E-state index contributed by atoms with van der Waals surface area (Å²) in [6.45, 7) is 0. The normalized spacial score (nSPS) is 12.3. The van der Waals surface area contributed by atoms with E-state index in [0.717, 1.165) is 0 Å². The van der Waals surface area contributed by atoms with Crippen LogP contribution in [0, 0.1) is 26.1 Å². The van der Waals surface area contributed by atoms with Crippen molar-refractivity contribution in [1.29, 1.82) is 0 Å². The molecule has 0 aromatic rings. The summed E-state index contributed by atoms with van der Waals surface area (Å²) >= 11 is -8.28. The van der Waals surface area contributed by atoms with Crippen LogP contribution in [0.4, 0.5) is 0 Å². The second-order valence-corrected chi connectivity index (χ2v) is 47.1. The molecule has 0 spiro atoms. The van der Waals surface area contributed by atoms with Gasteiger partial charge in [-0.25, -0.2) is 0 Å². The molecule has 0 aromatic heterocycles. The molecule has 0 aromatic carbocycles. The van der Waals surface area contributed by atoms with E-state index in [2.05, 4.69) is 82.8 Å². The van der Waals surface area contributed by atoms with Crippen LogP contribution in [0.5, 0.6) is 0 Å². The van der Waals surface area contributed by atoms with Crippen LogP contribution in [-0.4, -0.2) is 58.2 Å². The summed E-state index contributed by atoms with van der Waals surface area (Å²) in [6.07, 6.45) is 0. The van der Waals surface area contributed by atoms with Crippen molar-refractivity contribution in [3.05, 3.63) is 0 Å². The first-order chi connectivity index (χ1) is 8.62. The Kier molecular flexibility index (Phi) is 8.01. The number of hydrogen-bond donors (Lipinski definition) is 0. The second kappa shape index (κ2) is 7.59. The van der Waals surface area contributed by atoms with Crippen LogP contribution in [0.1, 0.15) is 0 Å². The van der Waals surface area contributed by atoms with Crippen molar-refractivity contribution in [3.63, 3.8) is 0 Å². The molecule has 0 heterocycles. The molecule has 0 saturated heterocycles. The summed E-state index contributed by atoms with van der Waals surface area (Å²) in [6, 6.07) is 0. The van der Waals surface area contributed by atoms with Crippen LogP contribution in [-0.2, 0) is 0 Å². The molecule has 0 nitrogen and oxygen atoms in total. The zero-order valence-corrected chi connectivity index (χ0v) is 24.1. The van der Waals surface area contributed by atoms with E-state index in [9.17, 15) is 0 Å². The Morgan fingerprint density at radius 2 is 0.700 bits per heavy atom. The predicted octanol–water partition coefficient (Wildman–Crippen LogP) is 4.33. The molecule has 0 aliphatic rings. The van der Waals surface area contributed by atoms with Gasteiger partial charge in [0.25, 0.3) is 0 Å². The van der Waals surface area contributed by atoms with Gasteiger partial charge in [0.15, 0.2) is 0 Å². The van der Waals surface area contributed by atoms with Gasteiger partial charge in [0.2, 0.25) is 0 Å². The third-order valence-corrected chi connectivity index (χ3v) is 17.4. The molecule has 20 heavy (non-hydrogen) atoms. The van der Waals surface area contributed by atoms with Gasteiger partial charge >= 0.3 is 141 Å². The minimum atomic E-state index is -2.84. The van der Waals surface area contributed by atoms with E-state index in [-0.39, 0.29) is 0 Å². The molecule has 0 atom stereocenters. The Morgan fingerprint density at radius 1 is 0.500 bits per heavy atom. The molecule has 0 saturated carbocycles. The van der Waals surface area contributed by atoms with E-state index < -0.39 is 58.2 Å². The van der Waals surface area contributed by atoms with Gasteiger partial charge in [-0.2, -0.15) is 0 Å². The first-order valence-electron chi connectivity index (χ1n) is 7.25. The van der Waals surface area contributed by atoms with Crippen LogP contribution in [0.3, 0.4) is 0 Å². The molecule has 0 unspecified atom stereocenters. The van der Waals surface area contributed by atoms with Gasteiger partial charge in [-0.15, -0.1) is 0 Å². The molecule has 0 N–H and O–H groups in total.